The molecule has 0 aliphatic heterocycles. The van der Waals surface area contributed by atoms with Crippen molar-refractivity contribution in [2.45, 2.75) is 6.10 Å². The summed E-state index contributed by atoms with van der Waals surface area (Å²) in [6, 6.07) is 9.39. The van der Waals surface area contributed by atoms with Gasteiger partial charge in [-0.05, 0) is 58.5 Å². The highest BCUT2D eigenvalue weighted by atomic mass is 127. The van der Waals surface area contributed by atoms with Gasteiger partial charge in [0.25, 0.3) is 0 Å². The molecule has 0 fully saturated rings. The van der Waals surface area contributed by atoms with E-state index in [0.717, 1.165) is 23.6 Å². The van der Waals surface area contributed by atoms with Gasteiger partial charge in [-0.15, -0.1) is 0 Å². The predicted molar refractivity (Wildman–Crippen MR) is 98.2 cm³/mol. The van der Waals surface area contributed by atoms with Gasteiger partial charge in [0.2, 0.25) is 0 Å². The van der Waals surface area contributed by atoms with Crippen LogP contribution in [-0.4, -0.2) is 19.3 Å². The van der Waals surface area contributed by atoms with Gasteiger partial charge in [-0.1, -0.05) is 31.9 Å². The third-order valence-corrected chi connectivity index (χ3v) is 5.21. The molecule has 0 spiro atoms. The fourth-order valence-electron chi connectivity index (χ4n) is 1.97. The van der Waals surface area contributed by atoms with Crippen molar-refractivity contribution >= 4 is 54.5 Å². The van der Waals surface area contributed by atoms with Crippen molar-refractivity contribution in [3.05, 3.63) is 54.0 Å². The van der Waals surface area contributed by atoms with Gasteiger partial charge in [0, 0.05) is 18.1 Å². The van der Waals surface area contributed by atoms with E-state index in [0.29, 0.717) is 11.5 Å². The Labute approximate surface area is 154 Å². The molecule has 0 amide bonds. The molecule has 1 N–H and O–H groups in total. The van der Waals surface area contributed by atoms with Crippen LogP contribution in [0.1, 0.15) is 17.2 Å². The zero-order valence-corrected chi connectivity index (χ0v) is 16.7. The fraction of sp³-hybridized carbons (Fsp3) is 0.200. The van der Waals surface area contributed by atoms with E-state index in [1.54, 1.807) is 26.4 Å². The van der Waals surface area contributed by atoms with Crippen molar-refractivity contribution in [2.24, 2.45) is 0 Å². The van der Waals surface area contributed by atoms with E-state index >= 15 is 0 Å². The van der Waals surface area contributed by atoms with Crippen LogP contribution in [0.2, 0.25) is 0 Å². The molecule has 2 aromatic rings. The van der Waals surface area contributed by atoms with Crippen molar-refractivity contribution < 1.29 is 14.6 Å². The van der Waals surface area contributed by atoms with Crippen LogP contribution in [0, 0.1) is 3.57 Å². The molecule has 6 heteroatoms. The maximum atomic E-state index is 10.7. The minimum absolute atomic E-state index is 0.583. The summed E-state index contributed by atoms with van der Waals surface area (Å²) in [5, 5.41) is 10.7. The molecule has 0 saturated heterocycles. The summed E-state index contributed by atoms with van der Waals surface area (Å²) in [7, 11) is 3.16. The van der Waals surface area contributed by atoms with Crippen molar-refractivity contribution in [3.63, 3.8) is 0 Å². The van der Waals surface area contributed by atoms with E-state index in [1.165, 1.54) is 0 Å². The number of benzene rings is 2. The standard InChI is InChI=1S/C15H13Br2IO3/c1-20-13-6-9(11(17)7-14(13)21-2)15(19)10-5-8(16)3-4-12(10)18/h3-7,15,19H,1-2H3. The van der Waals surface area contributed by atoms with E-state index in [1.807, 2.05) is 18.2 Å². The Bertz CT molecular complexity index is 662. The first-order chi connectivity index (χ1) is 9.97. The first-order valence-corrected chi connectivity index (χ1v) is 8.68. The van der Waals surface area contributed by atoms with E-state index in [9.17, 15) is 5.11 Å². The Balaban J connectivity index is 2.52. The number of aliphatic hydroxyl groups excluding tert-OH is 1. The number of halogens is 3. The van der Waals surface area contributed by atoms with Crippen LogP contribution >= 0.6 is 54.5 Å². The molecule has 0 radical (unpaired) electrons. The molecule has 2 aromatic carbocycles. The van der Waals surface area contributed by atoms with Crippen molar-refractivity contribution in [1.82, 2.24) is 0 Å². The van der Waals surface area contributed by atoms with Crippen molar-refractivity contribution in [1.29, 1.82) is 0 Å². The van der Waals surface area contributed by atoms with E-state index in [4.69, 9.17) is 9.47 Å². The number of hydrogen-bond donors (Lipinski definition) is 1. The first-order valence-electron chi connectivity index (χ1n) is 6.02. The molecule has 0 bridgehead atoms. The smallest absolute Gasteiger partial charge is 0.161 e. The summed E-state index contributed by atoms with van der Waals surface area (Å²) in [6.07, 6.45) is -0.761. The summed E-state index contributed by atoms with van der Waals surface area (Å²) in [5.41, 5.74) is 1.56. The van der Waals surface area contributed by atoms with Gasteiger partial charge in [0.15, 0.2) is 11.5 Å². The highest BCUT2D eigenvalue weighted by Gasteiger charge is 2.19. The summed E-state index contributed by atoms with van der Waals surface area (Å²) >= 11 is 9.13. The Morgan fingerprint density at radius 1 is 1.00 bits per heavy atom. The second-order valence-electron chi connectivity index (χ2n) is 4.30. The molecule has 0 aromatic heterocycles. The SMILES string of the molecule is COc1cc(Br)c(C(O)c2cc(Br)ccc2I)cc1OC. The number of hydrogen-bond acceptors (Lipinski definition) is 3. The minimum atomic E-state index is -0.761. The highest BCUT2D eigenvalue weighted by molar-refractivity contribution is 14.1. The summed E-state index contributed by atoms with van der Waals surface area (Å²) in [5.74, 6) is 1.20. The maximum absolute atomic E-state index is 10.7. The summed E-state index contributed by atoms with van der Waals surface area (Å²) < 4.78 is 13.2. The molecule has 0 saturated carbocycles. The highest BCUT2D eigenvalue weighted by Crippen LogP contribution is 2.39. The third-order valence-electron chi connectivity index (χ3n) is 3.05. The predicted octanol–water partition coefficient (Wildman–Crippen LogP) is 4.92. The van der Waals surface area contributed by atoms with Gasteiger partial charge in [-0.3, -0.25) is 0 Å². The second-order valence-corrected chi connectivity index (χ2v) is 7.23. The molecule has 3 nitrogen and oxygen atoms in total. The lowest BCUT2D eigenvalue weighted by Crippen LogP contribution is -2.04. The second kappa shape index (κ2) is 7.30. The Kier molecular flexibility index (Phi) is 5.93. The lowest BCUT2D eigenvalue weighted by atomic mass is 10.0. The van der Waals surface area contributed by atoms with Gasteiger partial charge in [-0.2, -0.15) is 0 Å². The molecule has 1 atom stereocenters. The lowest BCUT2D eigenvalue weighted by Gasteiger charge is -2.18. The molecule has 112 valence electrons. The average molecular weight is 528 g/mol. The van der Waals surface area contributed by atoms with Gasteiger partial charge in [0.1, 0.15) is 6.10 Å². The Morgan fingerprint density at radius 2 is 1.62 bits per heavy atom. The average Bonchev–Trinajstić information content (AvgIpc) is 2.48. The van der Waals surface area contributed by atoms with Gasteiger partial charge in [0.05, 0.1) is 14.2 Å². The van der Waals surface area contributed by atoms with Crippen molar-refractivity contribution in [2.75, 3.05) is 14.2 Å². The molecule has 0 aliphatic rings. The zero-order valence-electron chi connectivity index (χ0n) is 11.4. The number of rotatable bonds is 4. The normalized spacial score (nSPS) is 12.1. The number of aliphatic hydroxyl groups is 1. The monoisotopic (exact) mass is 526 g/mol. The van der Waals surface area contributed by atoms with Gasteiger partial charge >= 0.3 is 0 Å². The zero-order chi connectivity index (χ0) is 15.6. The van der Waals surface area contributed by atoms with Crippen LogP contribution in [0.15, 0.2) is 39.3 Å². The molecule has 2 rings (SSSR count). The topological polar surface area (TPSA) is 38.7 Å². The van der Waals surface area contributed by atoms with Crippen LogP contribution in [0.3, 0.4) is 0 Å². The van der Waals surface area contributed by atoms with Crippen LogP contribution in [0.4, 0.5) is 0 Å². The van der Waals surface area contributed by atoms with E-state index < -0.39 is 6.10 Å². The molecular weight excluding hydrogens is 515 g/mol. The summed E-state index contributed by atoms with van der Waals surface area (Å²) in [4.78, 5) is 0. The first kappa shape index (κ1) is 17.1. The largest absolute Gasteiger partial charge is 0.493 e. The van der Waals surface area contributed by atoms with Gasteiger partial charge in [-0.25, -0.2) is 0 Å². The molecule has 0 aliphatic carbocycles. The molecule has 21 heavy (non-hydrogen) atoms. The lowest BCUT2D eigenvalue weighted by molar-refractivity contribution is 0.217. The van der Waals surface area contributed by atoms with Crippen molar-refractivity contribution in [3.8, 4) is 11.5 Å². The van der Waals surface area contributed by atoms with Crippen LogP contribution in [-0.2, 0) is 0 Å². The molecule has 0 heterocycles. The van der Waals surface area contributed by atoms with Gasteiger partial charge < -0.3 is 14.6 Å². The molecule has 1 unspecified atom stereocenters. The Morgan fingerprint density at radius 3 is 2.24 bits per heavy atom. The van der Waals surface area contributed by atoms with E-state index in [2.05, 4.69) is 54.5 Å². The maximum Gasteiger partial charge on any atom is 0.161 e. The fourth-order valence-corrected chi connectivity index (χ4v) is 3.52. The number of ether oxygens (including phenoxy) is 2. The molecular formula is C15H13Br2IO3. The quantitative estimate of drug-likeness (QED) is 0.574. The summed E-state index contributed by atoms with van der Waals surface area (Å²) in [6.45, 7) is 0. The number of methoxy groups -OCH3 is 2. The van der Waals surface area contributed by atoms with E-state index in [-0.39, 0.29) is 0 Å². The van der Waals surface area contributed by atoms with Crippen LogP contribution in [0.5, 0.6) is 11.5 Å². The minimum Gasteiger partial charge on any atom is -0.493 e. The van der Waals surface area contributed by atoms with Crippen LogP contribution in [0.25, 0.3) is 0 Å². The Hall–Kier alpha value is -0.310. The van der Waals surface area contributed by atoms with Crippen LogP contribution < -0.4 is 9.47 Å². The third kappa shape index (κ3) is 3.72.